The van der Waals surface area contributed by atoms with Crippen LogP contribution in [0.2, 0.25) is 0 Å². The summed E-state index contributed by atoms with van der Waals surface area (Å²) in [5.41, 5.74) is 3.72. The Kier molecular flexibility index (Phi) is 8.22. The molecule has 5 rings (SSSR count). The zero-order valence-corrected chi connectivity index (χ0v) is 21.4. The highest BCUT2D eigenvalue weighted by Gasteiger charge is 2.26. The molecule has 36 heavy (non-hydrogen) atoms. The van der Waals surface area contributed by atoms with E-state index in [2.05, 4.69) is 50.8 Å². The first-order chi connectivity index (χ1) is 17.7. The minimum absolute atomic E-state index is 0.0134. The van der Waals surface area contributed by atoms with Crippen molar-refractivity contribution in [1.29, 1.82) is 0 Å². The van der Waals surface area contributed by atoms with Crippen molar-refractivity contribution in [3.05, 3.63) is 59.7 Å². The Hall–Kier alpha value is -2.86. The average Bonchev–Trinajstić information content (AvgIpc) is 3.46. The van der Waals surface area contributed by atoms with Crippen LogP contribution in [0.4, 0.5) is 11.4 Å². The van der Waals surface area contributed by atoms with Crippen molar-refractivity contribution >= 4 is 23.2 Å². The Balaban J connectivity index is 1.29. The summed E-state index contributed by atoms with van der Waals surface area (Å²) < 4.78 is 0. The molecule has 192 valence electrons. The molecule has 2 amide bonds. The second-order valence-corrected chi connectivity index (χ2v) is 10.8. The number of benzene rings is 2. The molecule has 2 aliphatic carbocycles. The zero-order chi connectivity index (χ0) is 24.7. The highest BCUT2D eigenvalue weighted by molar-refractivity contribution is 6.02. The SMILES string of the molecule is O=C(NC1CCCCC1)c1cc(NC(=O)C2CCCC2)ccc1N1CCN(Cc2ccccc2)CC1. The first-order valence-corrected chi connectivity index (χ1v) is 13.9. The maximum absolute atomic E-state index is 13.5. The summed E-state index contributed by atoms with van der Waals surface area (Å²) >= 11 is 0. The predicted octanol–water partition coefficient (Wildman–Crippen LogP) is 5.20. The second kappa shape index (κ2) is 11.9. The van der Waals surface area contributed by atoms with Crippen molar-refractivity contribution in [2.75, 3.05) is 36.4 Å². The highest BCUT2D eigenvalue weighted by Crippen LogP contribution is 2.29. The summed E-state index contributed by atoms with van der Waals surface area (Å²) in [5.74, 6) is 0.177. The van der Waals surface area contributed by atoms with Crippen LogP contribution in [-0.4, -0.2) is 48.9 Å². The number of carbonyl (C=O) groups excluding carboxylic acids is 2. The summed E-state index contributed by atoms with van der Waals surface area (Å²) in [5, 5.41) is 6.40. The van der Waals surface area contributed by atoms with E-state index in [9.17, 15) is 9.59 Å². The molecular weight excluding hydrogens is 448 g/mol. The topological polar surface area (TPSA) is 64.7 Å². The van der Waals surface area contributed by atoms with Crippen molar-refractivity contribution in [1.82, 2.24) is 10.2 Å². The van der Waals surface area contributed by atoms with E-state index in [1.807, 2.05) is 18.2 Å². The first kappa shape index (κ1) is 24.8. The van der Waals surface area contributed by atoms with Gasteiger partial charge in [0.05, 0.1) is 5.56 Å². The third-order valence-corrected chi connectivity index (χ3v) is 8.14. The van der Waals surface area contributed by atoms with E-state index in [1.54, 1.807) is 0 Å². The van der Waals surface area contributed by atoms with Gasteiger partial charge in [0, 0.05) is 56.1 Å². The number of nitrogens with zero attached hydrogens (tertiary/aromatic N) is 2. The molecule has 2 aromatic carbocycles. The smallest absolute Gasteiger partial charge is 0.253 e. The van der Waals surface area contributed by atoms with Crippen LogP contribution in [0.1, 0.15) is 73.7 Å². The van der Waals surface area contributed by atoms with Crippen LogP contribution in [0.5, 0.6) is 0 Å². The molecule has 6 heteroatoms. The quantitative estimate of drug-likeness (QED) is 0.562. The van der Waals surface area contributed by atoms with Crippen molar-refractivity contribution in [3.8, 4) is 0 Å². The Morgan fingerprint density at radius 1 is 0.806 bits per heavy atom. The van der Waals surface area contributed by atoms with Gasteiger partial charge in [-0.2, -0.15) is 0 Å². The largest absolute Gasteiger partial charge is 0.368 e. The number of amides is 2. The van der Waals surface area contributed by atoms with Gasteiger partial charge in [-0.15, -0.1) is 0 Å². The lowest BCUT2D eigenvalue weighted by molar-refractivity contribution is -0.119. The van der Waals surface area contributed by atoms with Gasteiger partial charge in [0.2, 0.25) is 5.91 Å². The maximum Gasteiger partial charge on any atom is 0.253 e. The normalized spacial score (nSPS) is 19.8. The van der Waals surface area contributed by atoms with Gasteiger partial charge < -0.3 is 15.5 Å². The minimum atomic E-state index is -0.0134. The molecule has 2 aromatic rings. The van der Waals surface area contributed by atoms with E-state index < -0.39 is 0 Å². The molecule has 0 atom stereocenters. The first-order valence-electron chi connectivity index (χ1n) is 13.9. The van der Waals surface area contributed by atoms with Crippen LogP contribution in [0.3, 0.4) is 0 Å². The Bertz CT molecular complexity index is 1020. The predicted molar refractivity (Wildman–Crippen MR) is 145 cm³/mol. The van der Waals surface area contributed by atoms with Gasteiger partial charge in [0.25, 0.3) is 5.91 Å². The zero-order valence-electron chi connectivity index (χ0n) is 21.4. The van der Waals surface area contributed by atoms with Gasteiger partial charge in [-0.25, -0.2) is 0 Å². The highest BCUT2D eigenvalue weighted by atomic mass is 16.2. The molecule has 0 spiro atoms. The van der Waals surface area contributed by atoms with E-state index in [4.69, 9.17) is 0 Å². The number of hydrogen-bond donors (Lipinski definition) is 2. The van der Waals surface area contributed by atoms with Crippen molar-refractivity contribution in [3.63, 3.8) is 0 Å². The van der Waals surface area contributed by atoms with Crippen molar-refractivity contribution in [2.45, 2.75) is 70.4 Å². The van der Waals surface area contributed by atoms with Crippen LogP contribution in [0.15, 0.2) is 48.5 Å². The molecule has 2 saturated carbocycles. The number of hydrogen-bond acceptors (Lipinski definition) is 4. The van der Waals surface area contributed by atoms with E-state index in [0.717, 1.165) is 82.6 Å². The molecule has 3 fully saturated rings. The number of carbonyl (C=O) groups is 2. The van der Waals surface area contributed by atoms with Gasteiger partial charge in [0.15, 0.2) is 0 Å². The third kappa shape index (κ3) is 6.28. The fraction of sp³-hybridized carbons (Fsp3) is 0.533. The van der Waals surface area contributed by atoms with E-state index in [1.165, 1.54) is 24.8 Å². The fourth-order valence-corrected chi connectivity index (χ4v) is 6.00. The molecule has 0 bridgehead atoms. The minimum Gasteiger partial charge on any atom is -0.368 e. The van der Waals surface area contributed by atoms with Gasteiger partial charge >= 0.3 is 0 Å². The summed E-state index contributed by atoms with van der Waals surface area (Å²) in [6.07, 6.45) is 9.91. The number of anilines is 2. The molecule has 1 saturated heterocycles. The van der Waals surface area contributed by atoms with Crippen LogP contribution in [-0.2, 0) is 11.3 Å². The summed E-state index contributed by atoms with van der Waals surface area (Å²) in [6, 6.07) is 16.8. The number of piperazine rings is 1. The molecule has 6 nitrogen and oxygen atoms in total. The fourth-order valence-electron chi connectivity index (χ4n) is 6.00. The third-order valence-electron chi connectivity index (χ3n) is 8.14. The Labute approximate surface area is 215 Å². The van der Waals surface area contributed by atoms with Crippen LogP contribution >= 0.6 is 0 Å². The molecule has 1 heterocycles. The molecular formula is C30H40N4O2. The standard InChI is InChI=1S/C30H40N4O2/c35-29(24-11-7-8-12-24)32-26-15-16-28(27(21-26)30(36)31-25-13-5-2-6-14-25)34-19-17-33(18-20-34)22-23-9-3-1-4-10-23/h1,3-4,9-10,15-16,21,24-25H,2,5-8,11-14,17-20,22H2,(H,31,36)(H,32,35). The van der Waals surface area contributed by atoms with Gasteiger partial charge in [-0.3, -0.25) is 14.5 Å². The van der Waals surface area contributed by atoms with E-state index >= 15 is 0 Å². The lowest BCUT2D eigenvalue weighted by Crippen LogP contribution is -2.46. The molecule has 2 N–H and O–H groups in total. The Morgan fingerprint density at radius 2 is 1.50 bits per heavy atom. The van der Waals surface area contributed by atoms with Crippen LogP contribution < -0.4 is 15.5 Å². The van der Waals surface area contributed by atoms with Crippen LogP contribution in [0.25, 0.3) is 0 Å². The van der Waals surface area contributed by atoms with Gasteiger partial charge in [0.1, 0.15) is 0 Å². The lowest BCUT2D eigenvalue weighted by Gasteiger charge is -2.37. The second-order valence-electron chi connectivity index (χ2n) is 10.8. The van der Waals surface area contributed by atoms with Gasteiger partial charge in [-0.1, -0.05) is 62.4 Å². The average molecular weight is 489 g/mol. The molecule has 1 aliphatic heterocycles. The summed E-state index contributed by atoms with van der Waals surface area (Å²) in [6.45, 7) is 4.63. The molecule has 3 aliphatic rings. The summed E-state index contributed by atoms with van der Waals surface area (Å²) in [4.78, 5) is 31.1. The molecule has 0 aromatic heterocycles. The number of rotatable bonds is 7. The molecule has 0 unspecified atom stereocenters. The Morgan fingerprint density at radius 3 is 2.22 bits per heavy atom. The monoisotopic (exact) mass is 488 g/mol. The van der Waals surface area contributed by atoms with Crippen molar-refractivity contribution < 1.29 is 9.59 Å². The van der Waals surface area contributed by atoms with Gasteiger partial charge in [-0.05, 0) is 49.4 Å². The van der Waals surface area contributed by atoms with E-state index in [-0.39, 0.29) is 23.8 Å². The lowest BCUT2D eigenvalue weighted by atomic mass is 9.95. The number of nitrogens with one attached hydrogen (secondary N) is 2. The van der Waals surface area contributed by atoms with Crippen molar-refractivity contribution in [2.24, 2.45) is 5.92 Å². The molecule has 0 radical (unpaired) electrons. The summed E-state index contributed by atoms with van der Waals surface area (Å²) in [7, 11) is 0. The van der Waals surface area contributed by atoms with Crippen LogP contribution in [0, 0.1) is 5.92 Å². The maximum atomic E-state index is 13.5. The van der Waals surface area contributed by atoms with E-state index in [0.29, 0.717) is 5.56 Å².